The van der Waals surface area contributed by atoms with Crippen molar-refractivity contribution in [3.63, 3.8) is 0 Å². The first-order valence-electron chi connectivity index (χ1n) is 40.8. The van der Waals surface area contributed by atoms with Crippen LogP contribution in [0.15, 0.2) is 122 Å². The van der Waals surface area contributed by atoms with Crippen LogP contribution in [0, 0.1) is 0 Å². The Morgan fingerprint density at radius 3 is 0.808 bits per heavy atom. The van der Waals surface area contributed by atoms with Crippen molar-refractivity contribution in [1.82, 2.24) is 0 Å². The monoisotopic (exact) mass is 1500 g/mol. The molecule has 19 heteroatoms. The van der Waals surface area contributed by atoms with Gasteiger partial charge in [0.25, 0.3) is 0 Å². The van der Waals surface area contributed by atoms with Gasteiger partial charge in [-0.3, -0.25) is 37.3 Å². The molecule has 0 fully saturated rings. The summed E-state index contributed by atoms with van der Waals surface area (Å²) in [7, 11) is -9.97. The van der Waals surface area contributed by atoms with E-state index in [0.717, 1.165) is 205 Å². The summed E-state index contributed by atoms with van der Waals surface area (Å²) in [5.74, 6) is -2.21. The standard InChI is InChI=1S/C85H146O17P2/c1-5-9-13-17-21-25-29-32-35-37-39-41-44-47-51-54-58-62-66-70-83(88)96-76-81(102-85(90)72-68-64-60-56-52-48-45-42-40-38-36-33-30-26-22-18-14-10-6-2)78-100-104(93,94)98-74-79(86)73-97-103(91,92)99-77-80(101-84(89)71-67-63-59-55-49-28-24-20-16-12-8-4)75-95-82(87)69-65-61-57-53-50-46-43-34-31-27-23-19-15-11-7-3/h9-10,13-14,20-22,24-26,32-36,39-43,79-81,86H,5-8,11-12,15-19,23,27-31,37-38,44-78H2,1-4H3,(H,91,92)(H,93,94)/b13-9-,14-10-,24-20-,25-21-,26-22-,35-32-,36-33-,41-39-,42-40-,43-34-. The van der Waals surface area contributed by atoms with Crippen LogP contribution < -0.4 is 0 Å². The Hall–Kier alpha value is -4.54. The van der Waals surface area contributed by atoms with E-state index in [1.165, 1.54) is 51.4 Å². The molecule has 0 aromatic carbocycles. The number of unbranched alkanes of at least 4 members (excludes halogenated alkanes) is 30. The molecule has 0 spiro atoms. The maximum Gasteiger partial charge on any atom is 0.472 e. The molecule has 0 radical (unpaired) electrons. The summed E-state index contributed by atoms with van der Waals surface area (Å²) in [5, 5.41) is 10.6. The van der Waals surface area contributed by atoms with Gasteiger partial charge in [-0.2, -0.15) is 0 Å². The second-order valence-electron chi connectivity index (χ2n) is 26.9. The van der Waals surface area contributed by atoms with Gasteiger partial charge in [0.05, 0.1) is 26.4 Å². The Kier molecular flexibility index (Phi) is 73.3. The van der Waals surface area contributed by atoms with Gasteiger partial charge < -0.3 is 33.8 Å². The number of phosphoric ester groups is 2. The van der Waals surface area contributed by atoms with Gasteiger partial charge in [-0.1, -0.05) is 284 Å². The number of carbonyl (C=O) groups excluding carboxylic acids is 4. The maximum absolute atomic E-state index is 13.1. The molecule has 0 aromatic heterocycles. The summed E-state index contributed by atoms with van der Waals surface area (Å²) in [4.78, 5) is 73.0. The van der Waals surface area contributed by atoms with E-state index >= 15 is 0 Å². The molecule has 3 N–H and O–H groups in total. The molecule has 598 valence electrons. The van der Waals surface area contributed by atoms with Crippen LogP contribution in [0.2, 0.25) is 0 Å². The zero-order valence-electron chi connectivity index (χ0n) is 65.4. The summed E-state index contributed by atoms with van der Waals surface area (Å²) in [6.45, 7) is 4.58. The molecule has 17 nitrogen and oxygen atoms in total. The van der Waals surface area contributed by atoms with E-state index < -0.39 is 97.5 Å². The number of hydrogen-bond acceptors (Lipinski definition) is 15. The summed E-state index contributed by atoms with van der Waals surface area (Å²) >= 11 is 0. The highest BCUT2D eigenvalue weighted by Crippen LogP contribution is 2.45. The highest BCUT2D eigenvalue weighted by Gasteiger charge is 2.30. The first-order chi connectivity index (χ1) is 50.7. The molecule has 0 rings (SSSR count). The molecule has 0 aromatic rings. The van der Waals surface area contributed by atoms with E-state index in [2.05, 4.69) is 149 Å². The first-order valence-corrected chi connectivity index (χ1v) is 43.8. The van der Waals surface area contributed by atoms with Gasteiger partial charge >= 0.3 is 39.5 Å². The predicted molar refractivity (Wildman–Crippen MR) is 427 cm³/mol. The van der Waals surface area contributed by atoms with Gasteiger partial charge in [0.1, 0.15) is 19.3 Å². The average Bonchev–Trinajstić information content (AvgIpc) is 0.928. The van der Waals surface area contributed by atoms with Crippen molar-refractivity contribution >= 4 is 39.5 Å². The molecule has 0 saturated carbocycles. The van der Waals surface area contributed by atoms with Crippen LogP contribution in [0.5, 0.6) is 0 Å². The Morgan fingerprint density at radius 2 is 0.510 bits per heavy atom. The van der Waals surface area contributed by atoms with Gasteiger partial charge in [0, 0.05) is 25.7 Å². The van der Waals surface area contributed by atoms with Crippen LogP contribution in [-0.4, -0.2) is 96.7 Å². The number of aliphatic hydroxyl groups excluding tert-OH is 1. The fourth-order valence-corrected chi connectivity index (χ4v) is 12.3. The highest BCUT2D eigenvalue weighted by molar-refractivity contribution is 7.47. The van der Waals surface area contributed by atoms with Gasteiger partial charge in [-0.15, -0.1) is 0 Å². The number of rotatable bonds is 76. The van der Waals surface area contributed by atoms with E-state index in [1.807, 2.05) is 0 Å². The van der Waals surface area contributed by atoms with Crippen molar-refractivity contribution in [2.75, 3.05) is 39.6 Å². The van der Waals surface area contributed by atoms with Gasteiger partial charge in [0.2, 0.25) is 0 Å². The van der Waals surface area contributed by atoms with Crippen LogP contribution in [0.25, 0.3) is 0 Å². The Balaban J connectivity index is 5.37. The lowest BCUT2D eigenvalue weighted by atomic mass is 10.1. The van der Waals surface area contributed by atoms with Crippen molar-refractivity contribution in [2.45, 2.75) is 354 Å². The number of ether oxygens (including phenoxy) is 4. The minimum atomic E-state index is -4.99. The molecule has 0 aliphatic rings. The lowest BCUT2D eigenvalue weighted by molar-refractivity contribution is -0.161. The van der Waals surface area contributed by atoms with Gasteiger partial charge in [-0.25, -0.2) is 9.13 Å². The van der Waals surface area contributed by atoms with Gasteiger partial charge in [-0.05, 0) is 148 Å². The van der Waals surface area contributed by atoms with Crippen LogP contribution in [0.3, 0.4) is 0 Å². The van der Waals surface area contributed by atoms with Crippen LogP contribution in [0.4, 0.5) is 0 Å². The zero-order valence-corrected chi connectivity index (χ0v) is 67.2. The number of hydrogen-bond donors (Lipinski definition) is 3. The van der Waals surface area contributed by atoms with Crippen LogP contribution >= 0.6 is 15.6 Å². The second-order valence-corrected chi connectivity index (χ2v) is 29.8. The predicted octanol–water partition coefficient (Wildman–Crippen LogP) is 23.9. The minimum absolute atomic E-state index is 0.0727. The molecular weight excluding hydrogens is 1350 g/mol. The van der Waals surface area contributed by atoms with Crippen molar-refractivity contribution in [3.8, 4) is 0 Å². The van der Waals surface area contributed by atoms with Crippen LogP contribution in [0.1, 0.15) is 336 Å². The molecule has 0 heterocycles. The highest BCUT2D eigenvalue weighted by atomic mass is 31.2. The van der Waals surface area contributed by atoms with E-state index in [4.69, 9.17) is 37.0 Å². The lowest BCUT2D eigenvalue weighted by Crippen LogP contribution is -2.30. The molecule has 0 amide bonds. The van der Waals surface area contributed by atoms with Crippen molar-refractivity contribution < 1.29 is 80.2 Å². The Bertz CT molecular complexity index is 2440. The van der Waals surface area contributed by atoms with E-state index in [9.17, 15) is 43.2 Å². The molecule has 0 aliphatic heterocycles. The number of allylic oxidation sites excluding steroid dienone is 20. The number of esters is 4. The molecular formula is C85H146O17P2. The third-order valence-corrected chi connectivity index (χ3v) is 18.8. The third-order valence-electron chi connectivity index (χ3n) is 16.9. The van der Waals surface area contributed by atoms with Crippen molar-refractivity contribution in [1.29, 1.82) is 0 Å². The zero-order chi connectivity index (χ0) is 76.0. The van der Waals surface area contributed by atoms with Gasteiger partial charge in [0.15, 0.2) is 12.2 Å². The molecule has 0 saturated heterocycles. The normalized spacial score (nSPS) is 14.5. The molecule has 5 atom stereocenters. The largest absolute Gasteiger partial charge is 0.472 e. The minimum Gasteiger partial charge on any atom is -0.462 e. The molecule has 0 aliphatic carbocycles. The quantitative estimate of drug-likeness (QED) is 0.0169. The molecule has 5 unspecified atom stereocenters. The maximum atomic E-state index is 13.1. The number of aliphatic hydroxyl groups is 1. The SMILES string of the molecule is CC/C=C\C/C=C\C/C=C\C/C=C\CCCCCCCCC(=O)OCC(COP(=O)(O)OCC(O)COP(=O)(O)OCC(COC(=O)CCCCCCC/C=C\CCCCCCCC)OC(=O)CCCCCCC/C=C\CCCC)OC(=O)CCCCCCCC/C=C\C/C=C\C/C=C\C/C=C\CC. The van der Waals surface area contributed by atoms with E-state index in [0.29, 0.717) is 25.7 Å². The van der Waals surface area contributed by atoms with Crippen LogP contribution in [-0.2, 0) is 65.4 Å². The first kappa shape index (κ1) is 99.5. The second kappa shape index (κ2) is 76.6. The third kappa shape index (κ3) is 75.7. The lowest BCUT2D eigenvalue weighted by Gasteiger charge is -2.21. The van der Waals surface area contributed by atoms with E-state index in [-0.39, 0.29) is 25.7 Å². The number of phosphoric acid groups is 2. The molecule has 104 heavy (non-hydrogen) atoms. The Morgan fingerprint density at radius 1 is 0.279 bits per heavy atom. The van der Waals surface area contributed by atoms with Crippen molar-refractivity contribution in [2.24, 2.45) is 0 Å². The summed E-state index contributed by atoms with van der Waals surface area (Å²) in [6.07, 6.45) is 84.6. The summed E-state index contributed by atoms with van der Waals surface area (Å²) in [6, 6.07) is 0. The average molecular weight is 1500 g/mol. The smallest absolute Gasteiger partial charge is 0.462 e. The number of carbonyl (C=O) groups is 4. The summed E-state index contributed by atoms with van der Waals surface area (Å²) < 4.78 is 68.6. The fourth-order valence-electron chi connectivity index (χ4n) is 10.7. The van der Waals surface area contributed by atoms with Crippen molar-refractivity contribution in [3.05, 3.63) is 122 Å². The topological polar surface area (TPSA) is 237 Å². The summed E-state index contributed by atoms with van der Waals surface area (Å²) in [5.41, 5.74) is 0. The fraction of sp³-hybridized carbons (Fsp3) is 0.718. The Labute approximate surface area is 632 Å². The van der Waals surface area contributed by atoms with E-state index in [1.54, 1.807) is 0 Å². The molecule has 0 bridgehead atoms.